The average Bonchev–Trinajstić information content (AvgIpc) is 3.44. The second-order valence-electron chi connectivity index (χ2n) is 7.49. The first-order valence-electron chi connectivity index (χ1n) is 10.1. The lowest BCUT2D eigenvalue weighted by Crippen LogP contribution is -2.18. The normalized spacial score (nSPS) is 15.6. The minimum atomic E-state index is -0.580. The first-order valence-corrected chi connectivity index (χ1v) is 10.1. The molecular weight excluding hydrogens is 396 g/mol. The molecule has 2 heterocycles. The molecule has 3 aromatic rings. The van der Waals surface area contributed by atoms with E-state index in [1.54, 1.807) is 53.3 Å². The number of amides is 2. The molecule has 4 rings (SSSR count). The number of hydrogen-bond donors (Lipinski definition) is 2. The Kier molecular flexibility index (Phi) is 5.99. The van der Waals surface area contributed by atoms with Crippen LogP contribution in [-0.4, -0.2) is 40.9 Å². The van der Waals surface area contributed by atoms with Crippen molar-refractivity contribution in [3.63, 3.8) is 0 Å². The van der Waals surface area contributed by atoms with Crippen molar-refractivity contribution in [3.05, 3.63) is 71.5 Å². The molecule has 0 unspecified atom stereocenters. The van der Waals surface area contributed by atoms with Gasteiger partial charge in [-0.05, 0) is 61.7 Å². The Balaban J connectivity index is 1.55. The predicted molar refractivity (Wildman–Crippen MR) is 116 cm³/mol. The third kappa shape index (κ3) is 4.92. The molecule has 1 aliphatic heterocycles. The average molecular weight is 420 g/mol. The van der Waals surface area contributed by atoms with E-state index in [4.69, 9.17) is 15.2 Å². The summed E-state index contributed by atoms with van der Waals surface area (Å²) in [5.74, 6) is -0.325. The Morgan fingerprint density at radius 1 is 1.26 bits per heavy atom. The monoisotopic (exact) mass is 420 g/mol. The first kappa shape index (κ1) is 20.6. The molecule has 31 heavy (non-hydrogen) atoms. The second-order valence-corrected chi connectivity index (χ2v) is 7.49. The molecule has 160 valence electrons. The zero-order valence-corrected chi connectivity index (χ0v) is 17.2. The molecule has 1 saturated heterocycles. The van der Waals surface area contributed by atoms with Crippen LogP contribution in [0.3, 0.4) is 0 Å². The van der Waals surface area contributed by atoms with Crippen LogP contribution in [0.5, 0.6) is 5.75 Å². The Morgan fingerprint density at radius 2 is 2.13 bits per heavy atom. The molecular formula is C23H24N4O4. The van der Waals surface area contributed by atoms with Gasteiger partial charge in [-0.2, -0.15) is 5.10 Å². The Bertz CT molecular complexity index is 1100. The van der Waals surface area contributed by atoms with Crippen LogP contribution in [0.2, 0.25) is 0 Å². The summed E-state index contributed by atoms with van der Waals surface area (Å²) in [6.07, 6.45) is 5.65. The summed E-state index contributed by atoms with van der Waals surface area (Å²) in [5.41, 5.74) is 8.15. The molecule has 2 amide bonds. The minimum absolute atomic E-state index is 0.0918. The van der Waals surface area contributed by atoms with E-state index in [1.807, 2.05) is 13.1 Å². The molecule has 8 nitrogen and oxygen atoms in total. The highest BCUT2D eigenvalue weighted by Gasteiger charge is 2.17. The summed E-state index contributed by atoms with van der Waals surface area (Å²) in [6, 6.07) is 11.8. The SMILES string of the molecule is Cc1cnn(-c2ccc(C(N)=O)cc2NC(=O)c2cccc(OC[C@H]3CCCO3)c2)c1. The smallest absolute Gasteiger partial charge is 0.255 e. The summed E-state index contributed by atoms with van der Waals surface area (Å²) < 4.78 is 13.0. The lowest BCUT2D eigenvalue weighted by atomic mass is 10.1. The fourth-order valence-electron chi connectivity index (χ4n) is 3.42. The van der Waals surface area contributed by atoms with E-state index in [-0.39, 0.29) is 17.6 Å². The number of primary amides is 1. The summed E-state index contributed by atoms with van der Waals surface area (Å²) in [4.78, 5) is 24.6. The first-order chi connectivity index (χ1) is 15.0. The van der Waals surface area contributed by atoms with Crippen molar-refractivity contribution < 1.29 is 19.1 Å². The zero-order valence-electron chi connectivity index (χ0n) is 17.2. The quantitative estimate of drug-likeness (QED) is 0.611. The molecule has 1 aromatic heterocycles. The van der Waals surface area contributed by atoms with Crippen LogP contribution in [-0.2, 0) is 4.74 Å². The van der Waals surface area contributed by atoms with E-state index in [9.17, 15) is 9.59 Å². The number of carbonyl (C=O) groups excluding carboxylic acids is 2. The van der Waals surface area contributed by atoms with Gasteiger partial charge in [0.1, 0.15) is 12.4 Å². The topological polar surface area (TPSA) is 108 Å². The van der Waals surface area contributed by atoms with E-state index < -0.39 is 5.91 Å². The number of aromatic nitrogens is 2. The second kappa shape index (κ2) is 9.01. The Hall–Kier alpha value is -3.65. The highest BCUT2D eigenvalue weighted by Crippen LogP contribution is 2.24. The maximum atomic E-state index is 13.0. The molecule has 0 radical (unpaired) electrons. The van der Waals surface area contributed by atoms with Crippen LogP contribution < -0.4 is 15.8 Å². The van der Waals surface area contributed by atoms with E-state index in [0.29, 0.717) is 29.3 Å². The van der Waals surface area contributed by atoms with Crippen molar-refractivity contribution in [1.82, 2.24) is 9.78 Å². The number of carbonyl (C=O) groups is 2. The molecule has 2 aromatic carbocycles. The molecule has 0 bridgehead atoms. The van der Waals surface area contributed by atoms with Gasteiger partial charge >= 0.3 is 0 Å². The number of benzene rings is 2. The number of ether oxygens (including phenoxy) is 2. The maximum absolute atomic E-state index is 13.0. The van der Waals surface area contributed by atoms with E-state index in [0.717, 1.165) is 25.0 Å². The van der Waals surface area contributed by atoms with Crippen molar-refractivity contribution in [2.24, 2.45) is 5.73 Å². The van der Waals surface area contributed by atoms with Gasteiger partial charge in [-0.3, -0.25) is 9.59 Å². The molecule has 0 spiro atoms. The van der Waals surface area contributed by atoms with E-state index in [2.05, 4.69) is 10.4 Å². The van der Waals surface area contributed by atoms with Crippen molar-refractivity contribution in [2.75, 3.05) is 18.5 Å². The van der Waals surface area contributed by atoms with Gasteiger partial charge in [-0.1, -0.05) is 6.07 Å². The fourth-order valence-corrected chi connectivity index (χ4v) is 3.42. The largest absolute Gasteiger partial charge is 0.491 e. The molecule has 0 saturated carbocycles. The van der Waals surface area contributed by atoms with Gasteiger partial charge in [-0.25, -0.2) is 4.68 Å². The van der Waals surface area contributed by atoms with Gasteiger partial charge in [0, 0.05) is 23.9 Å². The summed E-state index contributed by atoms with van der Waals surface area (Å²) in [5, 5.41) is 7.16. The van der Waals surface area contributed by atoms with Crippen LogP contribution in [0.1, 0.15) is 39.1 Å². The lowest BCUT2D eigenvalue weighted by molar-refractivity contribution is 0.0679. The minimum Gasteiger partial charge on any atom is -0.491 e. The summed E-state index contributed by atoms with van der Waals surface area (Å²) in [6.45, 7) is 3.13. The molecule has 3 N–H and O–H groups in total. The van der Waals surface area contributed by atoms with Gasteiger partial charge in [0.05, 0.1) is 23.7 Å². The van der Waals surface area contributed by atoms with Gasteiger partial charge in [-0.15, -0.1) is 0 Å². The molecule has 1 aliphatic rings. The van der Waals surface area contributed by atoms with Crippen LogP contribution in [0, 0.1) is 6.92 Å². The van der Waals surface area contributed by atoms with Crippen molar-refractivity contribution in [1.29, 1.82) is 0 Å². The van der Waals surface area contributed by atoms with Gasteiger partial charge in [0.15, 0.2) is 0 Å². The van der Waals surface area contributed by atoms with Crippen molar-refractivity contribution >= 4 is 17.5 Å². The Morgan fingerprint density at radius 3 is 2.84 bits per heavy atom. The number of aryl methyl sites for hydroxylation is 1. The van der Waals surface area contributed by atoms with E-state index in [1.165, 1.54) is 0 Å². The number of nitrogens with zero attached hydrogens (tertiary/aromatic N) is 2. The number of hydrogen-bond acceptors (Lipinski definition) is 5. The molecule has 8 heteroatoms. The predicted octanol–water partition coefficient (Wildman–Crippen LogP) is 3.09. The molecule has 0 aliphatic carbocycles. The van der Waals surface area contributed by atoms with Crippen LogP contribution in [0.15, 0.2) is 54.9 Å². The fraction of sp³-hybridized carbons (Fsp3) is 0.261. The summed E-state index contributed by atoms with van der Waals surface area (Å²) in [7, 11) is 0. The zero-order chi connectivity index (χ0) is 21.8. The number of nitrogens with one attached hydrogen (secondary N) is 1. The van der Waals surface area contributed by atoms with Crippen LogP contribution >= 0.6 is 0 Å². The van der Waals surface area contributed by atoms with Crippen molar-refractivity contribution in [3.8, 4) is 11.4 Å². The molecule has 1 fully saturated rings. The van der Waals surface area contributed by atoms with Gasteiger partial charge in [0.2, 0.25) is 5.91 Å². The van der Waals surface area contributed by atoms with E-state index >= 15 is 0 Å². The third-order valence-electron chi connectivity index (χ3n) is 5.04. The highest BCUT2D eigenvalue weighted by atomic mass is 16.5. The van der Waals surface area contributed by atoms with Gasteiger partial charge in [0.25, 0.3) is 5.91 Å². The number of anilines is 1. The van der Waals surface area contributed by atoms with Crippen LogP contribution in [0.25, 0.3) is 5.69 Å². The van der Waals surface area contributed by atoms with Crippen molar-refractivity contribution in [2.45, 2.75) is 25.9 Å². The lowest BCUT2D eigenvalue weighted by Gasteiger charge is -2.14. The number of rotatable bonds is 7. The number of nitrogens with two attached hydrogens (primary N) is 1. The van der Waals surface area contributed by atoms with Gasteiger partial charge < -0.3 is 20.5 Å². The molecule has 1 atom stereocenters. The third-order valence-corrected chi connectivity index (χ3v) is 5.04. The Labute approximate surface area is 180 Å². The standard InChI is InChI=1S/C23H24N4O4/c1-15-12-25-27(13-15)21-8-7-16(22(24)28)11-20(21)26-23(29)17-4-2-5-18(10-17)31-14-19-6-3-9-30-19/h2,4-5,7-8,10-13,19H,3,6,9,14H2,1H3,(H2,24,28)(H,26,29)/t19-/m1/s1. The maximum Gasteiger partial charge on any atom is 0.255 e. The highest BCUT2D eigenvalue weighted by molar-refractivity contribution is 6.06. The van der Waals surface area contributed by atoms with Crippen LogP contribution in [0.4, 0.5) is 5.69 Å². The summed E-state index contributed by atoms with van der Waals surface area (Å²) >= 11 is 0.